The Morgan fingerprint density at radius 2 is 1.84 bits per heavy atom. The van der Waals surface area contributed by atoms with Crippen LogP contribution in [0.2, 0.25) is 0 Å². The van der Waals surface area contributed by atoms with Crippen molar-refractivity contribution in [2.45, 2.75) is 30.8 Å². The van der Waals surface area contributed by atoms with Gasteiger partial charge in [-0.25, -0.2) is 8.42 Å². The third-order valence-electron chi connectivity index (χ3n) is 2.85. The quantitative estimate of drug-likeness (QED) is 0.770. The monoisotopic (exact) mass is 287 g/mol. The Hall–Kier alpha value is -0.950. The van der Waals surface area contributed by atoms with Crippen molar-refractivity contribution in [3.63, 3.8) is 0 Å². The molecule has 0 spiro atoms. The molecular formula is C13H21NO4S. The van der Waals surface area contributed by atoms with Gasteiger partial charge in [0.1, 0.15) is 0 Å². The zero-order chi connectivity index (χ0) is 14.5. The van der Waals surface area contributed by atoms with Crippen LogP contribution in [0.15, 0.2) is 29.2 Å². The van der Waals surface area contributed by atoms with Crippen LogP contribution in [0.4, 0.5) is 0 Å². The molecule has 2 N–H and O–H groups in total. The highest BCUT2D eigenvalue weighted by Crippen LogP contribution is 2.16. The largest absolute Gasteiger partial charge is 0.394 e. The van der Waals surface area contributed by atoms with E-state index in [0.717, 1.165) is 22.7 Å². The molecule has 0 aromatic heterocycles. The van der Waals surface area contributed by atoms with Crippen molar-refractivity contribution in [1.82, 2.24) is 4.31 Å². The van der Waals surface area contributed by atoms with Gasteiger partial charge in [-0.1, -0.05) is 25.5 Å². The highest BCUT2D eigenvalue weighted by Gasteiger charge is 2.22. The minimum Gasteiger partial charge on any atom is -0.394 e. The highest BCUT2D eigenvalue weighted by molar-refractivity contribution is 7.89. The van der Waals surface area contributed by atoms with E-state index in [4.69, 9.17) is 5.11 Å². The standard InChI is InChI=1S/C13H21NO4S/c1-3-4-11-5-7-13(8-6-11)19(17,18)14(2)9-12(16)10-15/h5-8,12,15-16H,3-4,9-10H2,1-2H3. The minimum absolute atomic E-state index is 0.129. The smallest absolute Gasteiger partial charge is 0.242 e. The number of nitrogens with zero attached hydrogens (tertiary/aromatic N) is 1. The zero-order valence-electron chi connectivity index (χ0n) is 11.3. The molecule has 1 aromatic carbocycles. The van der Waals surface area contributed by atoms with Crippen molar-refractivity contribution < 1.29 is 18.6 Å². The third-order valence-corrected chi connectivity index (χ3v) is 4.69. The van der Waals surface area contributed by atoms with Gasteiger partial charge in [-0.2, -0.15) is 4.31 Å². The van der Waals surface area contributed by atoms with Gasteiger partial charge in [0.2, 0.25) is 10.0 Å². The van der Waals surface area contributed by atoms with Gasteiger partial charge >= 0.3 is 0 Å². The van der Waals surface area contributed by atoms with Crippen LogP contribution in [0.3, 0.4) is 0 Å². The van der Waals surface area contributed by atoms with Crippen LogP contribution in [0.25, 0.3) is 0 Å². The van der Waals surface area contributed by atoms with Crippen molar-refractivity contribution in [1.29, 1.82) is 0 Å². The first-order chi connectivity index (χ1) is 8.91. The van der Waals surface area contributed by atoms with Crippen molar-refractivity contribution >= 4 is 10.0 Å². The lowest BCUT2D eigenvalue weighted by molar-refractivity contribution is 0.0826. The van der Waals surface area contributed by atoms with E-state index >= 15 is 0 Å². The molecule has 1 aromatic rings. The summed E-state index contributed by atoms with van der Waals surface area (Å²) >= 11 is 0. The summed E-state index contributed by atoms with van der Waals surface area (Å²) in [6, 6.07) is 6.74. The first kappa shape index (κ1) is 16.1. The lowest BCUT2D eigenvalue weighted by atomic mass is 10.1. The van der Waals surface area contributed by atoms with Crippen LogP contribution in [-0.4, -0.2) is 49.2 Å². The van der Waals surface area contributed by atoms with Crippen LogP contribution in [0.1, 0.15) is 18.9 Å². The van der Waals surface area contributed by atoms with Gasteiger partial charge in [-0.3, -0.25) is 0 Å². The summed E-state index contributed by atoms with van der Waals surface area (Å²) in [5, 5.41) is 18.0. The average Bonchev–Trinajstić information content (AvgIpc) is 2.39. The summed E-state index contributed by atoms with van der Waals surface area (Å²) < 4.78 is 25.4. The maximum atomic E-state index is 12.2. The molecule has 0 aliphatic rings. The Labute approximate surface area is 114 Å². The normalized spacial score (nSPS) is 13.7. The van der Waals surface area contributed by atoms with Gasteiger partial charge in [0.05, 0.1) is 17.6 Å². The van der Waals surface area contributed by atoms with Gasteiger partial charge in [0.15, 0.2) is 0 Å². The summed E-state index contributed by atoms with van der Waals surface area (Å²) in [5.74, 6) is 0. The molecule has 1 rings (SSSR count). The van der Waals surface area contributed by atoms with Gasteiger partial charge in [-0.05, 0) is 24.1 Å². The SMILES string of the molecule is CCCc1ccc(S(=O)(=O)N(C)CC(O)CO)cc1. The molecule has 0 bridgehead atoms. The van der Waals surface area contributed by atoms with E-state index in [1.807, 2.05) is 0 Å². The number of aryl methyl sites for hydroxylation is 1. The second-order valence-electron chi connectivity index (χ2n) is 4.52. The molecule has 0 heterocycles. The van der Waals surface area contributed by atoms with Gasteiger partial charge in [0, 0.05) is 13.6 Å². The maximum Gasteiger partial charge on any atom is 0.242 e. The second kappa shape index (κ2) is 7.00. The van der Waals surface area contributed by atoms with Gasteiger partial charge in [0.25, 0.3) is 0 Å². The van der Waals surface area contributed by atoms with E-state index in [-0.39, 0.29) is 11.4 Å². The number of rotatable bonds is 7. The molecule has 0 amide bonds. The molecule has 6 heteroatoms. The number of hydrogen-bond acceptors (Lipinski definition) is 4. The number of aliphatic hydroxyl groups is 2. The molecule has 19 heavy (non-hydrogen) atoms. The molecule has 1 unspecified atom stereocenters. The Bertz CT molecular complexity index is 484. The molecule has 1 atom stereocenters. The lowest BCUT2D eigenvalue weighted by Crippen LogP contribution is -2.35. The number of hydrogen-bond donors (Lipinski definition) is 2. The fourth-order valence-corrected chi connectivity index (χ4v) is 2.96. The molecule has 108 valence electrons. The van der Waals surface area contributed by atoms with Crippen molar-refractivity contribution in [3.8, 4) is 0 Å². The van der Waals surface area contributed by atoms with Crippen molar-refractivity contribution in [3.05, 3.63) is 29.8 Å². The molecule has 0 fully saturated rings. The average molecular weight is 287 g/mol. The van der Waals surface area contributed by atoms with Crippen LogP contribution in [-0.2, 0) is 16.4 Å². The van der Waals surface area contributed by atoms with Gasteiger partial charge in [-0.15, -0.1) is 0 Å². The Morgan fingerprint density at radius 1 is 1.26 bits per heavy atom. The van der Waals surface area contributed by atoms with E-state index < -0.39 is 22.7 Å². The predicted octanol–water partition coefficient (Wildman–Crippen LogP) is 0.613. The van der Waals surface area contributed by atoms with Crippen molar-refractivity contribution in [2.75, 3.05) is 20.2 Å². The molecule has 0 aliphatic carbocycles. The fraction of sp³-hybridized carbons (Fsp3) is 0.538. The van der Waals surface area contributed by atoms with E-state index in [0.29, 0.717) is 0 Å². The molecule has 0 aliphatic heterocycles. The summed E-state index contributed by atoms with van der Waals surface area (Å²) in [6.45, 7) is 1.47. The maximum absolute atomic E-state index is 12.2. The van der Waals surface area contributed by atoms with E-state index in [9.17, 15) is 13.5 Å². The Kier molecular flexibility index (Phi) is 5.93. The molecular weight excluding hydrogens is 266 g/mol. The predicted molar refractivity (Wildman–Crippen MR) is 73.3 cm³/mol. The number of aliphatic hydroxyl groups excluding tert-OH is 2. The third kappa shape index (κ3) is 4.28. The lowest BCUT2D eigenvalue weighted by Gasteiger charge is -2.19. The summed E-state index contributed by atoms with van der Waals surface area (Å²) in [4.78, 5) is 0.194. The number of sulfonamides is 1. The molecule has 0 radical (unpaired) electrons. The Balaban J connectivity index is 2.87. The molecule has 5 nitrogen and oxygen atoms in total. The second-order valence-corrected chi connectivity index (χ2v) is 6.56. The topological polar surface area (TPSA) is 77.8 Å². The highest BCUT2D eigenvalue weighted by atomic mass is 32.2. The van der Waals surface area contributed by atoms with Crippen LogP contribution in [0.5, 0.6) is 0 Å². The molecule has 0 saturated carbocycles. The Morgan fingerprint density at radius 3 is 2.32 bits per heavy atom. The number of benzene rings is 1. The van der Waals surface area contributed by atoms with Crippen molar-refractivity contribution in [2.24, 2.45) is 0 Å². The van der Waals surface area contributed by atoms with E-state index in [1.165, 1.54) is 7.05 Å². The molecule has 0 saturated heterocycles. The van der Waals surface area contributed by atoms with Crippen LogP contribution < -0.4 is 0 Å². The fourth-order valence-electron chi connectivity index (χ4n) is 1.75. The number of likely N-dealkylation sites (N-methyl/N-ethyl adjacent to an activating group) is 1. The summed E-state index contributed by atoms with van der Waals surface area (Å²) in [6.07, 6.45) is 0.854. The summed E-state index contributed by atoms with van der Waals surface area (Å²) in [5.41, 5.74) is 1.10. The minimum atomic E-state index is -3.61. The zero-order valence-corrected chi connectivity index (χ0v) is 12.1. The van der Waals surface area contributed by atoms with E-state index in [1.54, 1.807) is 24.3 Å². The first-order valence-corrected chi connectivity index (χ1v) is 7.70. The van der Waals surface area contributed by atoms with Crippen LogP contribution >= 0.6 is 0 Å². The van der Waals surface area contributed by atoms with Crippen LogP contribution in [0, 0.1) is 0 Å². The summed E-state index contributed by atoms with van der Waals surface area (Å²) in [7, 11) is -2.23. The first-order valence-electron chi connectivity index (χ1n) is 6.26. The van der Waals surface area contributed by atoms with E-state index in [2.05, 4.69) is 6.92 Å². The van der Waals surface area contributed by atoms with Gasteiger partial charge < -0.3 is 10.2 Å².